The van der Waals surface area contributed by atoms with Crippen LogP contribution in [-0.2, 0) is 6.61 Å². The fourth-order valence-corrected chi connectivity index (χ4v) is 2.10. The highest BCUT2D eigenvalue weighted by atomic mass is 35.5. The van der Waals surface area contributed by atoms with Gasteiger partial charge < -0.3 is 5.11 Å². The number of hydrogen-bond acceptors (Lipinski definition) is 1. The number of rotatable bonds is 2. The molecule has 0 aliphatic carbocycles. The quantitative estimate of drug-likeness (QED) is 0.852. The molecule has 0 heterocycles. The lowest BCUT2D eigenvalue weighted by molar-refractivity contribution is 0.282. The molecule has 0 aliphatic rings. The summed E-state index contributed by atoms with van der Waals surface area (Å²) in [6, 6.07) is 13.0. The van der Waals surface area contributed by atoms with Crippen LogP contribution in [0.1, 0.15) is 5.56 Å². The van der Waals surface area contributed by atoms with Gasteiger partial charge in [-0.1, -0.05) is 41.4 Å². The van der Waals surface area contributed by atoms with E-state index in [-0.39, 0.29) is 6.61 Å². The number of benzene rings is 2. The van der Waals surface area contributed by atoms with Crippen molar-refractivity contribution in [2.45, 2.75) is 6.61 Å². The van der Waals surface area contributed by atoms with E-state index >= 15 is 0 Å². The van der Waals surface area contributed by atoms with Crippen molar-refractivity contribution >= 4 is 23.2 Å². The van der Waals surface area contributed by atoms with E-state index < -0.39 is 0 Å². The van der Waals surface area contributed by atoms with Crippen molar-refractivity contribution < 1.29 is 5.11 Å². The Morgan fingerprint density at radius 3 is 2.19 bits per heavy atom. The molecular formula is C13H10Cl2O. The van der Waals surface area contributed by atoms with Gasteiger partial charge in [0.1, 0.15) is 0 Å². The lowest BCUT2D eigenvalue weighted by Gasteiger charge is -2.05. The summed E-state index contributed by atoms with van der Waals surface area (Å²) in [7, 11) is 0. The summed E-state index contributed by atoms with van der Waals surface area (Å²) in [6.45, 7) is 0.0299. The molecule has 3 heteroatoms. The predicted molar refractivity (Wildman–Crippen MR) is 67.8 cm³/mol. The molecule has 0 radical (unpaired) electrons. The summed E-state index contributed by atoms with van der Waals surface area (Å²) in [6.07, 6.45) is 0. The van der Waals surface area contributed by atoms with Crippen LogP contribution in [0.2, 0.25) is 10.0 Å². The first kappa shape index (κ1) is 11.5. The van der Waals surface area contributed by atoms with Crippen LogP contribution in [0, 0.1) is 0 Å². The summed E-state index contributed by atoms with van der Waals surface area (Å²) < 4.78 is 0. The first-order valence-electron chi connectivity index (χ1n) is 4.85. The maximum atomic E-state index is 9.07. The van der Waals surface area contributed by atoms with E-state index in [9.17, 15) is 0 Å². The molecule has 0 saturated heterocycles. The second-order valence-corrected chi connectivity index (χ2v) is 4.39. The third-order valence-corrected chi connectivity index (χ3v) is 2.74. The summed E-state index contributed by atoms with van der Waals surface area (Å²) >= 11 is 11.9. The van der Waals surface area contributed by atoms with Gasteiger partial charge in [0.15, 0.2) is 0 Å². The number of halogens is 2. The van der Waals surface area contributed by atoms with Gasteiger partial charge in [0, 0.05) is 10.0 Å². The van der Waals surface area contributed by atoms with Crippen LogP contribution in [0.15, 0.2) is 42.5 Å². The molecule has 1 nitrogen and oxygen atoms in total. The molecule has 0 atom stereocenters. The molecule has 0 amide bonds. The Bertz CT molecular complexity index is 489. The van der Waals surface area contributed by atoms with Crippen LogP contribution in [0.5, 0.6) is 0 Å². The SMILES string of the molecule is OCc1cccc(-c2cc(Cl)cc(Cl)c2)c1. The molecule has 0 saturated carbocycles. The van der Waals surface area contributed by atoms with E-state index in [1.807, 2.05) is 36.4 Å². The minimum atomic E-state index is 0.0299. The Hall–Kier alpha value is -1.02. The third-order valence-electron chi connectivity index (χ3n) is 2.31. The molecule has 82 valence electrons. The van der Waals surface area contributed by atoms with Crippen molar-refractivity contribution in [3.8, 4) is 11.1 Å². The second-order valence-electron chi connectivity index (χ2n) is 3.52. The van der Waals surface area contributed by atoms with E-state index in [1.54, 1.807) is 6.07 Å². The van der Waals surface area contributed by atoms with Crippen molar-refractivity contribution in [1.82, 2.24) is 0 Å². The van der Waals surface area contributed by atoms with Crippen LogP contribution in [-0.4, -0.2) is 5.11 Å². The molecule has 0 bridgehead atoms. The number of aliphatic hydroxyl groups is 1. The smallest absolute Gasteiger partial charge is 0.0682 e. The Labute approximate surface area is 104 Å². The molecule has 2 aromatic rings. The van der Waals surface area contributed by atoms with Gasteiger partial charge in [-0.3, -0.25) is 0 Å². The van der Waals surface area contributed by atoms with Crippen molar-refractivity contribution in [2.75, 3.05) is 0 Å². The third kappa shape index (κ3) is 2.56. The van der Waals surface area contributed by atoms with Gasteiger partial charge in [-0.15, -0.1) is 0 Å². The zero-order valence-electron chi connectivity index (χ0n) is 8.45. The van der Waals surface area contributed by atoms with Gasteiger partial charge >= 0.3 is 0 Å². The minimum absolute atomic E-state index is 0.0299. The molecule has 0 spiro atoms. The molecular weight excluding hydrogens is 243 g/mol. The van der Waals surface area contributed by atoms with Crippen molar-refractivity contribution in [1.29, 1.82) is 0 Å². The van der Waals surface area contributed by atoms with Crippen molar-refractivity contribution in [3.05, 3.63) is 58.1 Å². The van der Waals surface area contributed by atoms with E-state index in [0.717, 1.165) is 16.7 Å². The highest BCUT2D eigenvalue weighted by Gasteiger charge is 2.02. The van der Waals surface area contributed by atoms with Crippen LogP contribution in [0.4, 0.5) is 0 Å². The first-order chi connectivity index (χ1) is 7.69. The lowest BCUT2D eigenvalue weighted by Crippen LogP contribution is -1.84. The number of hydrogen-bond donors (Lipinski definition) is 1. The Morgan fingerprint density at radius 1 is 0.875 bits per heavy atom. The molecule has 2 aromatic carbocycles. The Morgan fingerprint density at radius 2 is 1.56 bits per heavy atom. The van der Waals surface area contributed by atoms with E-state index in [0.29, 0.717) is 10.0 Å². The molecule has 2 rings (SSSR count). The van der Waals surface area contributed by atoms with Crippen LogP contribution in [0.25, 0.3) is 11.1 Å². The average molecular weight is 253 g/mol. The van der Waals surface area contributed by atoms with Gasteiger partial charge in [-0.05, 0) is 41.0 Å². The van der Waals surface area contributed by atoms with Crippen molar-refractivity contribution in [2.24, 2.45) is 0 Å². The van der Waals surface area contributed by atoms with Gasteiger partial charge in [0.2, 0.25) is 0 Å². The van der Waals surface area contributed by atoms with Crippen LogP contribution >= 0.6 is 23.2 Å². The summed E-state index contributed by atoms with van der Waals surface area (Å²) in [5.41, 5.74) is 2.82. The zero-order valence-corrected chi connectivity index (χ0v) is 9.96. The fraction of sp³-hybridized carbons (Fsp3) is 0.0769. The molecule has 0 aromatic heterocycles. The molecule has 0 aliphatic heterocycles. The van der Waals surface area contributed by atoms with E-state index in [1.165, 1.54) is 0 Å². The second kappa shape index (κ2) is 4.88. The average Bonchev–Trinajstić information content (AvgIpc) is 2.28. The maximum absolute atomic E-state index is 9.07. The topological polar surface area (TPSA) is 20.2 Å². The van der Waals surface area contributed by atoms with Gasteiger partial charge in [0.25, 0.3) is 0 Å². The van der Waals surface area contributed by atoms with Crippen LogP contribution < -0.4 is 0 Å². The zero-order chi connectivity index (χ0) is 11.5. The monoisotopic (exact) mass is 252 g/mol. The molecule has 16 heavy (non-hydrogen) atoms. The Kier molecular flexibility index (Phi) is 3.49. The highest BCUT2D eigenvalue weighted by molar-refractivity contribution is 6.35. The van der Waals surface area contributed by atoms with E-state index in [4.69, 9.17) is 28.3 Å². The molecule has 1 N–H and O–H groups in total. The number of aliphatic hydroxyl groups excluding tert-OH is 1. The Balaban J connectivity index is 2.49. The summed E-state index contributed by atoms with van der Waals surface area (Å²) in [5.74, 6) is 0. The highest BCUT2D eigenvalue weighted by Crippen LogP contribution is 2.27. The first-order valence-corrected chi connectivity index (χ1v) is 5.61. The fourth-order valence-electron chi connectivity index (χ4n) is 1.57. The standard InChI is InChI=1S/C13H10Cl2O/c14-12-5-11(6-13(15)7-12)10-3-1-2-9(4-10)8-16/h1-7,16H,8H2. The van der Waals surface area contributed by atoms with Gasteiger partial charge in [-0.25, -0.2) is 0 Å². The minimum Gasteiger partial charge on any atom is -0.392 e. The van der Waals surface area contributed by atoms with Crippen LogP contribution in [0.3, 0.4) is 0 Å². The summed E-state index contributed by atoms with van der Waals surface area (Å²) in [4.78, 5) is 0. The van der Waals surface area contributed by atoms with Gasteiger partial charge in [0.05, 0.1) is 6.61 Å². The predicted octanol–water partition coefficient (Wildman–Crippen LogP) is 4.15. The van der Waals surface area contributed by atoms with E-state index in [2.05, 4.69) is 0 Å². The normalized spacial score (nSPS) is 10.4. The van der Waals surface area contributed by atoms with Gasteiger partial charge in [-0.2, -0.15) is 0 Å². The largest absolute Gasteiger partial charge is 0.392 e. The summed E-state index contributed by atoms with van der Waals surface area (Å²) in [5, 5.41) is 10.3. The lowest BCUT2D eigenvalue weighted by atomic mass is 10.0. The maximum Gasteiger partial charge on any atom is 0.0682 e. The molecule has 0 fully saturated rings. The molecule has 0 unspecified atom stereocenters. The van der Waals surface area contributed by atoms with Crippen molar-refractivity contribution in [3.63, 3.8) is 0 Å².